The molecule has 0 amide bonds. The molecule has 1 aromatic rings. The molecule has 2 unspecified atom stereocenters. The SMILES string of the molecule is COc1cccc(C(NN)C2(C)CCCCO2)c1. The van der Waals surface area contributed by atoms with E-state index in [1.54, 1.807) is 7.11 Å². The molecular formula is C14H22N2O2. The van der Waals surface area contributed by atoms with E-state index in [9.17, 15) is 0 Å². The lowest BCUT2D eigenvalue weighted by Crippen LogP contribution is -2.48. The maximum atomic E-state index is 5.96. The third-order valence-electron chi connectivity index (χ3n) is 3.70. The van der Waals surface area contributed by atoms with E-state index in [1.165, 1.54) is 6.42 Å². The Morgan fingerprint density at radius 1 is 1.44 bits per heavy atom. The summed E-state index contributed by atoms with van der Waals surface area (Å²) in [6.07, 6.45) is 3.32. The summed E-state index contributed by atoms with van der Waals surface area (Å²) >= 11 is 0. The highest BCUT2D eigenvalue weighted by molar-refractivity contribution is 5.32. The third-order valence-corrected chi connectivity index (χ3v) is 3.70. The summed E-state index contributed by atoms with van der Waals surface area (Å²) in [5.74, 6) is 6.58. The van der Waals surface area contributed by atoms with Crippen molar-refractivity contribution in [1.29, 1.82) is 0 Å². The molecule has 2 atom stereocenters. The predicted molar refractivity (Wildman–Crippen MR) is 71.3 cm³/mol. The monoisotopic (exact) mass is 250 g/mol. The highest BCUT2D eigenvalue weighted by Crippen LogP contribution is 2.36. The molecule has 0 aromatic heterocycles. The average molecular weight is 250 g/mol. The van der Waals surface area contributed by atoms with Crippen molar-refractivity contribution in [2.75, 3.05) is 13.7 Å². The van der Waals surface area contributed by atoms with Crippen molar-refractivity contribution in [1.82, 2.24) is 5.43 Å². The van der Waals surface area contributed by atoms with E-state index in [0.29, 0.717) is 0 Å². The summed E-state index contributed by atoms with van der Waals surface area (Å²) in [5.41, 5.74) is 3.75. The Labute approximate surface area is 108 Å². The van der Waals surface area contributed by atoms with Crippen molar-refractivity contribution >= 4 is 0 Å². The zero-order valence-corrected chi connectivity index (χ0v) is 11.1. The van der Waals surface area contributed by atoms with Crippen LogP contribution in [-0.4, -0.2) is 19.3 Å². The average Bonchev–Trinajstić information content (AvgIpc) is 2.40. The third kappa shape index (κ3) is 2.66. The largest absolute Gasteiger partial charge is 0.497 e. The molecule has 0 aliphatic carbocycles. The molecule has 0 radical (unpaired) electrons. The number of rotatable bonds is 4. The van der Waals surface area contributed by atoms with Crippen LogP contribution in [0.1, 0.15) is 37.8 Å². The lowest BCUT2D eigenvalue weighted by Gasteiger charge is -2.40. The Kier molecular flexibility index (Phi) is 4.22. The van der Waals surface area contributed by atoms with Gasteiger partial charge >= 0.3 is 0 Å². The second-order valence-electron chi connectivity index (χ2n) is 4.99. The van der Waals surface area contributed by atoms with Gasteiger partial charge in [0.1, 0.15) is 5.75 Å². The van der Waals surface area contributed by atoms with Gasteiger partial charge in [-0.3, -0.25) is 11.3 Å². The first kappa shape index (κ1) is 13.3. The highest BCUT2D eigenvalue weighted by atomic mass is 16.5. The number of benzene rings is 1. The van der Waals surface area contributed by atoms with Crippen molar-refractivity contribution in [3.63, 3.8) is 0 Å². The highest BCUT2D eigenvalue weighted by Gasteiger charge is 2.37. The standard InChI is InChI=1S/C14H22N2O2/c1-14(8-3-4-9-18-14)13(16-15)11-6-5-7-12(10-11)17-2/h5-7,10,13,16H,3-4,8-9,15H2,1-2H3. The number of nitrogens with two attached hydrogens (primary N) is 1. The lowest BCUT2D eigenvalue weighted by atomic mass is 9.84. The molecule has 0 spiro atoms. The van der Waals surface area contributed by atoms with Crippen LogP contribution in [0.25, 0.3) is 0 Å². The topological polar surface area (TPSA) is 56.5 Å². The normalized spacial score (nSPS) is 25.7. The van der Waals surface area contributed by atoms with Crippen molar-refractivity contribution in [3.05, 3.63) is 29.8 Å². The van der Waals surface area contributed by atoms with E-state index >= 15 is 0 Å². The van der Waals surface area contributed by atoms with Crippen LogP contribution in [0.15, 0.2) is 24.3 Å². The summed E-state index contributed by atoms with van der Waals surface area (Å²) in [7, 11) is 1.67. The van der Waals surface area contributed by atoms with Crippen LogP contribution >= 0.6 is 0 Å². The fourth-order valence-electron chi connectivity index (χ4n) is 2.63. The Hall–Kier alpha value is -1.10. The van der Waals surface area contributed by atoms with E-state index < -0.39 is 0 Å². The summed E-state index contributed by atoms with van der Waals surface area (Å²) in [6, 6.07) is 7.95. The fourth-order valence-corrected chi connectivity index (χ4v) is 2.63. The fraction of sp³-hybridized carbons (Fsp3) is 0.571. The van der Waals surface area contributed by atoms with Gasteiger partial charge in [-0.1, -0.05) is 12.1 Å². The van der Waals surface area contributed by atoms with Crippen molar-refractivity contribution in [3.8, 4) is 5.75 Å². The molecule has 1 aliphatic rings. The van der Waals surface area contributed by atoms with Gasteiger partial charge in [-0.25, -0.2) is 0 Å². The maximum Gasteiger partial charge on any atom is 0.119 e. The summed E-state index contributed by atoms with van der Waals surface area (Å²) in [5, 5.41) is 0. The molecule has 4 heteroatoms. The Morgan fingerprint density at radius 2 is 2.28 bits per heavy atom. The minimum atomic E-state index is -0.251. The van der Waals surface area contributed by atoms with Gasteiger partial charge in [-0.15, -0.1) is 0 Å². The van der Waals surface area contributed by atoms with E-state index in [2.05, 4.69) is 18.4 Å². The molecule has 4 nitrogen and oxygen atoms in total. The van der Waals surface area contributed by atoms with Crippen LogP contribution in [0.4, 0.5) is 0 Å². The molecule has 0 saturated carbocycles. The maximum absolute atomic E-state index is 5.96. The van der Waals surface area contributed by atoms with Gasteiger partial charge in [-0.2, -0.15) is 0 Å². The quantitative estimate of drug-likeness (QED) is 0.635. The van der Waals surface area contributed by atoms with E-state index in [1.807, 2.05) is 18.2 Å². The second-order valence-corrected chi connectivity index (χ2v) is 4.99. The molecule has 2 rings (SSSR count). The van der Waals surface area contributed by atoms with E-state index in [-0.39, 0.29) is 11.6 Å². The molecule has 1 saturated heterocycles. The molecule has 0 bridgehead atoms. The number of hydrazine groups is 1. The zero-order chi connectivity index (χ0) is 13.0. The van der Waals surface area contributed by atoms with Crippen LogP contribution in [0, 0.1) is 0 Å². The van der Waals surface area contributed by atoms with Gasteiger partial charge in [0.15, 0.2) is 0 Å². The number of hydrogen-bond donors (Lipinski definition) is 2. The van der Waals surface area contributed by atoms with Gasteiger partial charge in [0.05, 0.1) is 18.8 Å². The molecule has 1 heterocycles. The smallest absolute Gasteiger partial charge is 0.119 e. The zero-order valence-electron chi connectivity index (χ0n) is 11.1. The predicted octanol–water partition coefficient (Wildman–Crippen LogP) is 2.16. The first-order valence-electron chi connectivity index (χ1n) is 6.43. The van der Waals surface area contributed by atoms with Gasteiger partial charge < -0.3 is 9.47 Å². The molecule has 1 aromatic carbocycles. The summed E-state index contributed by atoms with van der Waals surface area (Å²) in [4.78, 5) is 0. The van der Waals surface area contributed by atoms with Gasteiger partial charge in [0.2, 0.25) is 0 Å². The van der Waals surface area contributed by atoms with Crippen LogP contribution in [0.5, 0.6) is 5.75 Å². The molecule has 1 aliphatic heterocycles. The number of hydrogen-bond acceptors (Lipinski definition) is 4. The van der Waals surface area contributed by atoms with Crippen molar-refractivity contribution in [2.24, 2.45) is 5.84 Å². The first-order chi connectivity index (χ1) is 8.69. The second kappa shape index (κ2) is 5.69. The van der Waals surface area contributed by atoms with Crippen LogP contribution in [0.2, 0.25) is 0 Å². The molecule has 100 valence electrons. The molecule has 18 heavy (non-hydrogen) atoms. The number of nitrogens with one attached hydrogen (secondary N) is 1. The van der Waals surface area contributed by atoms with Crippen molar-refractivity contribution in [2.45, 2.75) is 37.8 Å². The van der Waals surface area contributed by atoms with Gasteiger partial charge in [0.25, 0.3) is 0 Å². The van der Waals surface area contributed by atoms with E-state index in [4.69, 9.17) is 15.3 Å². The summed E-state index contributed by atoms with van der Waals surface area (Å²) in [6.45, 7) is 2.93. The molecule has 1 fully saturated rings. The minimum absolute atomic E-state index is 0.0205. The first-order valence-corrected chi connectivity index (χ1v) is 6.43. The Morgan fingerprint density at radius 3 is 2.89 bits per heavy atom. The molecule has 3 N–H and O–H groups in total. The lowest BCUT2D eigenvalue weighted by molar-refractivity contribution is -0.0899. The van der Waals surface area contributed by atoms with Crippen LogP contribution < -0.4 is 16.0 Å². The van der Waals surface area contributed by atoms with Gasteiger partial charge in [-0.05, 0) is 43.9 Å². The number of methoxy groups -OCH3 is 1. The molecular weight excluding hydrogens is 228 g/mol. The number of ether oxygens (including phenoxy) is 2. The van der Waals surface area contributed by atoms with Gasteiger partial charge in [0, 0.05) is 6.61 Å². The minimum Gasteiger partial charge on any atom is -0.497 e. The summed E-state index contributed by atoms with van der Waals surface area (Å²) < 4.78 is 11.2. The van der Waals surface area contributed by atoms with Crippen LogP contribution in [-0.2, 0) is 4.74 Å². The van der Waals surface area contributed by atoms with Crippen molar-refractivity contribution < 1.29 is 9.47 Å². The van der Waals surface area contributed by atoms with Crippen LogP contribution in [0.3, 0.4) is 0 Å². The Balaban J connectivity index is 2.26. The Bertz CT molecular complexity index is 389. The van der Waals surface area contributed by atoms with E-state index in [0.717, 1.165) is 30.8 Å².